The molecule has 2 N–H and O–H groups in total. The molecular weight excluding hydrogens is 566 g/mol. The standard InChI is InChI=1S/C34H43NO2.C4H4O4/c1-25-10-8-12-28(24-25)33(31-13-7-6-11-26(31)2)37-30-19-22-35(23-20-30)21-9-14-32(36)27-15-17-29(18-16-27)34(3,4)5;5-3(6)1-2-4(7)8/h6-8,10-13,15-18,24,30,33H,9,14,19-23H2,1-5H3;1-2H,(H,5,6)(H,7,8)/b;2-1+. The molecule has 45 heavy (non-hydrogen) atoms. The number of carbonyl (C=O) groups excluding carboxylic acids is 1. The number of aliphatic carboxylic acids is 2. The summed E-state index contributed by atoms with van der Waals surface area (Å²) in [6.45, 7) is 13.9. The van der Waals surface area contributed by atoms with Crippen LogP contribution in [0.1, 0.15) is 90.7 Å². The molecule has 1 unspecified atom stereocenters. The zero-order chi connectivity index (χ0) is 33.0. The van der Waals surface area contributed by atoms with Gasteiger partial charge in [-0.15, -0.1) is 0 Å². The molecule has 0 spiro atoms. The van der Waals surface area contributed by atoms with Gasteiger partial charge in [0.05, 0.1) is 6.10 Å². The van der Waals surface area contributed by atoms with Gasteiger partial charge in [-0.1, -0.05) is 99.1 Å². The number of rotatable bonds is 11. The second-order valence-corrected chi connectivity index (χ2v) is 12.7. The average molecular weight is 614 g/mol. The maximum absolute atomic E-state index is 12.7. The molecule has 1 heterocycles. The van der Waals surface area contributed by atoms with E-state index in [2.05, 4.69) is 100 Å². The summed E-state index contributed by atoms with van der Waals surface area (Å²) in [5.74, 6) is -2.27. The average Bonchev–Trinajstić information content (AvgIpc) is 3.00. The number of ketones is 1. The number of hydrogen-bond donors (Lipinski definition) is 2. The van der Waals surface area contributed by atoms with E-state index in [1.54, 1.807) is 0 Å². The first kappa shape index (κ1) is 35.4. The Morgan fingerprint density at radius 3 is 2.07 bits per heavy atom. The number of carbonyl (C=O) groups is 3. The number of hydrogen-bond acceptors (Lipinski definition) is 5. The molecule has 1 atom stereocenters. The van der Waals surface area contributed by atoms with Crippen molar-refractivity contribution in [1.82, 2.24) is 4.90 Å². The number of ether oxygens (including phenoxy) is 1. The molecule has 0 aromatic heterocycles. The largest absolute Gasteiger partial charge is 0.478 e. The van der Waals surface area contributed by atoms with E-state index in [1.165, 1.54) is 27.8 Å². The number of piperidine rings is 1. The van der Waals surface area contributed by atoms with Crippen LogP contribution in [0.25, 0.3) is 0 Å². The number of Topliss-reactive ketones (excluding diaryl/α,β-unsaturated/α-hetero) is 1. The van der Waals surface area contributed by atoms with E-state index in [9.17, 15) is 14.4 Å². The molecule has 7 nitrogen and oxygen atoms in total. The first-order chi connectivity index (χ1) is 21.3. The normalized spacial score (nSPS) is 14.9. The zero-order valence-corrected chi connectivity index (χ0v) is 27.2. The van der Waals surface area contributed by atoms with Crippen LogP contribution in [0.5, 0.6) is 0 Å². The van der Waals surface area contributed by atoms with E-state index in [4.69, 9.17) is 14.9 Å². The predicted octanol–water partition coefficient (Wildman–Crippen LogP) is 7.55. The Morgan fingerprint density at radius 2 is 1.51 bits per heavy atom. The van der Waals surface area contributed by atoms with Crippen molar-refractivity contribution in [3.63, 3.8) is 0 Å². The van der Waals surface area contributed by atoms with Gasteiger partial charge in [0.25, 0.3) is 0 Å². The van der Waals surface area contributed by atoms with Crippen molar-refractivity contribution in [3.8, 4) is 0 Å². The SMILES string of the molecule is Cc1cccc(C(OC2CCN(CCCC(=O)c3ccc(C(C)(C)C)cc3)CC2)c2ccccc2C)c1.O=C(O)/C=C/C(=O)O. The van der Waals surface area contributed by atoms with Crippen molar-refractivity contribution < 1.29 is 29.3 Å². The van der Waals surface area contributed by atoms with Gasteiger partial charge in [0.15, 0.2) is 5.78 Å². The van der Waals surface area contributed by atoms with Crippen LogP contribution < -0.4 is 0 Å². The molecule has 3 aromatic carbocycles. The highest BCUT2D eigenvalue weighted by atomic mass is 16.5. The molecule has 0 bridgehead atoms. The minimum Gasteiger partial charge on any atom is -0.478 e. The molecular formula is C38H47NO6. The summed E-state index contributed by atoms with van der Waals surface area (Å²) in [4.78, 5) is 34.3. The van der Waals surface area contributed by atoms with Gasteiger partial charge in [-0.25, -0.2) is 9.59 Å². The van der Waals surface area contributed by atoms with Crippen LogP contribution in [-0.2, 0) is 19.7 Å². The van der Waals surface area contributed by atoms with Crippen molar-refractivity contribution in [2.45, 2.75) is 77.9 Å². The van der Waals surface area contributed by atoms with Gasteiger partial charge in [-0.3, -0.25) is 4.79 Å². The molecule has 1 aliphatic heterocycles. The van der Waals surface area contributed by atoms with Gasteiger partial charge in [0.1, 0.15) is 6.10 Å². The topological polar surface area (TPSA) is 104 Å². The first-order valence-electron chi connectivity index (χ1n) is 15.6. The highest BCUT2D eigenvalue weighted by Crippen LogP contribution is 2.32. The van der Waals surface area contributed by atoms with Crippen molar-refractivity contribution in [2.75, 3.05) is 19.6 Å². The van der Waals surface area contributed by atoms with Gasteiger partial charge in [-0.2, -0.15) is 0 Å². The van der Waals surface area contributed by atoms with Crippen molar-refractivity contribution in [3.05, 3.63) is 118 Å². The van der Waals surface area contributed by atoms with Crippen LogP contribution in [-0.4, -0.2) is 58.6 Å². The number of likely N-dealkylation sites (tertiary alicyclic amines) is 1. The lowest BCUT2D eigenvalue weighted by Crippen LogP contribution is -2.38. The third kappa shape index (κ3) is 11.7. The van der Waals surface area contributed by atoms with Gasteiger partial charge < -0.3 is 19.8 Å². The minimum absolute atomic E-state index is 0.0417. The Hall–Kier alpha value is -4.07. The van der Waals surface area contributed by atoms with Crippen LogP contribution >= 0.6 is 0 Å². The summed E-state index contributed by atoms with van der Waals surface area (Å²) in [6.07, 6.45) is 4.87. The molecule has 1 fully saturated rings. The maximum atomic E-state index is 12.7. The second-order valence-electron chi connectivity index (χ2n) is 12.7. The van der Waals surface area contributed by atoms with E-state index in [0.29, 0.717) is 18.6 Å². The van der Waals surface area contributed by atoms with Crippen LogP contribution in [0.15, 0.2) is 84.9 Å². The number of carboxylic acids is 2. The zero-order valence-electron chi connectivity index (χ0n) is 27.2. The molecule has 7 heteroatoms. The van der Waals surface area contributed by atoms with E-state index in [1.807, 2.05) is 12.1 Å². The highest BCUT2D eigenvalue weighted by molar-refractivity contribution is 5.96. The summed E-state index contributed by atoms with van der Waals surface area (Å²) in [5.41, 5.74) is 7.21. The highest BCUT2D eigenvalue weighted by Gasteiger charge is 2.26. The fourth-order valence-corrected chi connectivity index (χ4v) is 5.41. The second kappa shape index (κ2) is 16.8. The molecule has 1 saturated heterocycles. The maximum Gasteiger partial charge on any atom is 0.328 e. The summed E-state index contributed by atoms with van der Waals surface area (Å²) >= 11 is 0. The van der Waals surface area contributed by atoms with Gasteiger partial charge in [-0.05, 0) is 67.3 Å². The van der Waals surface area contributed by atoms with Crippen LogP contribution in [0.2, 0.25) is 0 Å². The molecule has 1 aliphatic rings. The molecule has 0 saturated carbocycles. The monoisotopic (exact) mass is 613 g/mol. The Balaban J connectivity index is 0.000000610. The Labute approximate surface area is 267 Å². The van der Waals surface area contributed by atoms with Crippen LogP contribution in [0, 0.1) is 13.8 Å². The van der Waals surface area contributed by atoms with E-state index in [-0.39, 0.29) is 23.4 Å². The fourth-order valence-electron chi connectivity index (χ4n) is 5.41. The van der Waals surface area contributed by atoms with Gasteiger partial charge in [0.2, 0.25) is 0 Å². The third-order valence-electron chi connectivity index (χ3n) is 8.00. The van der Waals surface area contributed by atoms with Gasteiger partial charge in [0, 0.05) is 37.2 Å². The van der Waals surface area contributed by atoms with Gasteiger partial charge >= 0.3 is 11.9 Å². The lowest BCUT2D eigenvalue weighted by Gasteiger charge is -2.34. The molecule has 240 valence electrons. The number of benzene rings is 3. The number of aryl methyl sites for hydroxylation is 2. The summed E-state index contributed by atoms with van der Waals surface area (Å²) in [5, 5.41) is 15.6. The summed E-state index contributed by atoms with van der Waals surface area (Å²) in [7, 11) is 0. The van der Waals surface area contributed by atoms with E-state index < -0.39 is 11.9 Å². The minimum atomic E-state index is -1.26. The number of carboxylic acid groups (broad SMARTS) is 2. The Kier molecular flexibility index (Phi) is 13.3. The summed E-state index contributed by atoms with van der Waals surface area (Å²) in [6, 6.07) is 25.5. The smallest absolute Gasteiger partial charge is 0.328 e. The lowest BCUT2D eigenvalue weighted by atomic mass is 9.86. The molecule has 0 amide bonds. The van der Waals surface area contributed by atoms with Crippen LogP contribution in [0.3, 0.4) is 0 Å². The van der Waals surface area contributed by atoms with Crippen molar-refractivity contribution in [1.29, 1.82) is 0 Å². The Morgan fingerprint density at radius 1 is 0.889 bits per heavy atom. The molecule has 3 aromatic rings. The predicted molar refractivity (Wildman–Crippen MR) is 178 cm³/mol. The first-order valence-corrected chi connectivity index (χ1v) is 15.6. The van der Waals surface area contributed by atoms with Crippen LogP contribution in [0.4, 0.5) is 0 Å². The Bertz CT molecular complexity index is 1430. The number of nitrogens with zero attached hydrogens (tertiary/aromatic N) is 1. The van der Waals surface area contributed by atoms with Crippen molar-refractivity contribution >= 4 is 17.7 Å². The quantitative estimate of drug-likeness (QED) is 0.170. The van der Waals surface area contributed by atoms with Crippen molar-refractivity contribution in [2.24, 2.45) is 0 Å². The van der Waals surface area contributed by atoms with E-state index in [0.717, 1.165) is 44.5 Å². The molecule has 0 radical (unpaired) electrons. The molecule has 0 aliphatic carbocycles. The van der Waals surface area contributed by atoms with E-state index >= 15 is 0 Å². The fraction of sp³-hybridized carbons (Fsp3) is 0.395. The lowest BCUT2D eigenvalue weighted by molar-refractivity contribution is -0.134. The molecule has 4 rings (SSSR count). The third-order valence-corrected chi connectivity index (χ3v) is 8.00. The summed E-state index contributed by atoms with van der Waals surface area (Å²) < 4.78 is 6.80.